The summed E-state index contributed by atoms with van der Waals surface area (Å²) in [6.07, 6.45) is 2.38. The highest BCUT2D eigenvalue weighted by Gasteiger charge is 2.29. The summed E-state index contributed by atoms with van der Waals surface area (Å²) < 4.78 is 0. The molecule has 0 bridgehead atoms. The topological polar surface area (TPSA) is 15.3 Å². The average Bonchev–Trinajstić information content (AvgIpc) is 2.61. The highest BCUT2D eigenvalue weighted by atomic mass is 15.2. The minimum atomic E-state index is 0.193. The van der Waals surface area contributed by atoms with Crippen molar-refractivity contribution in [2.24, 2.45) is 0 Å². The summed E-state index contributed by atoms with van der Waals surface area (Å²) >= 11 is 0. The molecule has 1 aromatic rings. The van der Waals surface area contributed by atoms with Crippen LogP contribution in [0.2, 0.25) is 0 Å². The molecule has 1 fully saturated rings. The van der Waals surface area contributed by atoms with Crippen LogP contribution in [0.1, 0.15) is 53.0 Å². The van der Waals surface area contributed by atoms with Crippen LogP contribution >= 0.6 is 0 Å². The van der Waals surface area contributed by atoms with E-state index in [1.165, 1.54) is 24.1 Å². The van der Waals surface area contributed by atoms with Gasteiger partial charge in [0.15, 0.2) is 0 Å². The smallest absolute Gasteiger partial charge is 0.0404 e. The van der Waals surface area contributed by atoms with Crippen molar-refractivity contribution in [3.8, 4) is 0 Å². The van der Waals surface area contributed by atoms with Crippen molar-refractivity contribution in [3.63, 3.8) is 0 Å². The number of rotatable bonds is 2. The lowest BCUT2D eigenvalue weighted by Gasteiger charge is -2.36. The molecule has 2 rings (SSSR count). The maximum absolute atomic E-state index is 3.72. The van der Waals surface area contributed by atoms with Crippen molar-refractivity contribution in [1.82, 2.24) is 5.32 Å². The molecule has 2 heteroatoms. The highest BCUT2D eigenvalue weighted by Crippen LogP contribution is 2.33. The first kappa shape index (κ1) is 15.4. The van der Waals surface area contributed by atoms with Gasteiger partial charge in [-0.1, -0.05) is 45.9 Å². The van der Waals surface area contributed by atoms with E-state index >= 15 is 0 Å². The Morgan fingerprint density at radius 1 is 1.25 bits per heavy atom. The number of hydrogen-bond donors (Lipinski definition) is 1. The summed E-state index contributed by atoms with van der Waals surface area (Å²) in [6.45, 7) is 14.9. The van der Waals surface area contributed by atoms with Crippen LogP contribution in [0.25, 0.3) is 0 Å². The Morgan fingerprint density at radius 3 is 2.60 bits per heavy atom. The predicted octanol–water partition coefficient (Wildman–Crippen LogP) is 3.95. The van der Waals surface area contributed by atoms with Gasteiger partial charge in [-0.25, -0.2) is 0 Å². The average molecular weight is 274 g/mol. The van der Waals surface area contributed by atoms with Gasteiger partial charge in [-0.3, -0.25) is 0 Å². The Hall–Kier alpha value is -1.02. The van der Waals surface area contributed by atoms with Crippen LogP contribution in [-0.4, -0.2) is 25.2 Å². The lowest BCUT2D eigenvalue weighted by atomic mass is 9.85. The van der Waals surface area contributed by atoms with E-state index in [0.29, 0.717) is 0 Å². The van der Waals surface area contributed by atoms with Crippen LogP contribution < -0.4 is 10.2 Å². The van der Waals surface area contributed by atoms with Crippen LogP contribution in [0, 0.1) is 0 Å². The quantitative estimate of drug-likeness (QED) is 0.878. The minimum absolute atomic E-state index is 0.193. The van der Waals surface area contributed by atoms with Gasteiger partial charge in [0.25, 0.3) is 0 Å². The van der Waals surface area contributed by atoms with E-state index in [0.717, 1.165) is 19.6 Å². The molecular weight excluding hydrogens is 244 g/mol. The molecule has 0 saturated carbocycles. The largest absolute Gasteiger partial charge is 0.369 e. The fourth-order valence-electron chi connectivity index (χ4n) is 3.04. The first-order valence-corrected chi connectivity index (χ1v) is 7.95. The van der Waals surface area contributed by atoms with E-state index in [-0.39, 0.29) is 11.0 Å². The van der Waals surface area contributed by atoms with Crippen LogP contribution in [0.4, 0.5) is 5.69 Å². The minimum Gasteiger partial charge on any atom is -0.369 e. The Kier molecular flexibility index (Phi) is 4.43. The summed E-state index contributed by atoms with van der Waals surface area (Å²) in [6, 6.07) is 8.92. The van der Waals surface area contributed by atoms with Crippen LogP contribution in [-0.2, 0) is 5.41 Å². The molecule has 0 aliphatic carbocycles. The summed E-state index contributed by atoms with van der Waals surface area (Å²) in [5.41, 5.74) is 3.30. The molecule has 1 N–H and O–H groups in total. The van der Waals surface area contributed by atoms with Gasteiger partial charge in [0.05, 0.1) is 0 Å². The molecule has 20 heavy (non-hydrogen) atoms. The number of benzene rings is 1. The zero-order valence-corrected chi connectivity index (χ0v) is 13.8. The predicted molar refractivity (Wildman–Crippen MR) is 88.7 cm³/mol. The molecule has 1 aromatic carbocycles. The van der Waals surface area contributed by atoms with E-state index < -0.39 is 0 Å². The van der Waals surface area contributed by atoms with Crippen LogP contribution in [0.15, 0.2) is 24.3 Å². The molecule has 1 unspecified atom stereocenters. The third kappa shape index (κ3) is 3.35. The van der Waals surface area contributed by atoms with Gasteiger partial charge < -0.3 is 10.2 Å². The Morgan fingerprint density at radius 2 is 1.95 bits per heavy atom. The number of anilines is 1. The zero-order chi connectivity index (χ0) is 14.8. The zero-order valence-electron chi connectivity index (χ0n) is 13.8. The molecule has 112 valence electrons. The fraction of sp³-hybridized carbons (Fsp3) is 0.667. The molecule has 1 aliphatic heterocycles. The lowest BCUT2D eigenvalue weighted by molar-refractivity contribution is 0.366. The molecule has 0 spiro atoms. The van der Waals surface area contributed by atoms with Crippen LogP contribution in [0.3, 0.4) is 0 Å². The standard InChI is InChI=1S/C18H30N2/c1-6-18(5)14-20(13-9-12-19-18)16-11-8-7-10-15(16)17(2,3)4/h7-8,10-11,19H,6,9,12-14H2,1-5H3. The summed E-state index contributed by atoms with van der Waals surface area (Å²) in [5, 5.41) is 3.72. The van der Waals surface area contributed by atoms with E-state index in [4.69, 9.17) is 0 Å². The first-order chi connectivity index (χ1) is 9.36. The van der Waals surface area contributed by atoms with Crippen molar-refractivity contribution in [3.05, 3.63) is 29.8 Å². The van der Waals surface area contributed by atoms with Crippen molar-refractivity contribution in [2.45, 2.75) is 58.4 Å². The fourth-order valence-corrected chi connectivity index (χ4v) is 3.04. The first-order valence-electron chi connectivity index (χ1n) is 7.95. The Bertz CT molecular complexity index is 447. The lowest BCUT2D eigenvalue weighted by Crippen LogP contribution is -2.48. The number of nitrogens with one attached hydrogen (secondary N) is 1. The molecule has 1 aliphatic rings. The Balaban J connectivity index is 2.35. The maximum atomic E-state index is 3.72. The number of para-hydroxylation sites is 1. The molecule has 1 saturated heterocycles. The molecular formula is C18H30N2. The molecule has 2 nitrogen and oxygen atoms in total. The number of hydrogen-bond acceptors (Lipinski definition) is 2. The second-order valence-corrected chi connectivity index (χ2v) is 7.38. The SMILES string of the molecule is CCC1(C)CN(c2ccccc2C(C)(C)C)CCCN1. The van der Waals surface area contributed by atoms with Gasteiger partial charge in [0.1, 0.15) is 0 Å². The second kappa shape index (κ2) is 5.77. The van der Waals surface area contributed by atoms with Crippen molar-refractivity contribution in [2.75, 3.05) is 24.5 Å². The summed E-state index contributed by atoms with van der Waals surface area (Å²) in [4.78, 5) is 2.59. The third-order valence-electron chi connectivity index (χ3n) is 4.53. The number of nitrogens with zero attached hydrogens (tertiary/aromatic N) is 1. The van der Waals surface area contributed by atoms with Crippen LogP contribution in [0.5, 0.6) is 0 Å². The molecule has 0 amide bonds. The van der Waals surface area contributed by atoms with E-state index in [1.54, 1.807) is 0 Å². The molecule has 0 radical (unpaired) electrons. The summed E-state index contributed by atoms with van der Waals surface area (Å²) in [7, 11) is 0. The second-order valence-electron chi connectivity index (χ2n) is 7.38. The Labute approximate surface area is 124 Å². The van der Waals surface area contributed by atoms with E-state index in [2.05, 4.69) is 69.1 Å². The van der Waals surface area contributed by atoms with Gasteiger partial charge in [-0.2, -0.15) is 0 Å². The van der Waals surface area contributed by atoms with Crippen molar-refractivity contribution >= 4 is 5.69 Å². The normalized spacial score (nSPS) is 24.6. The van der Waals surface area contributed by atoms with Gasteiger partial charge in [0, 0.05) is 24.3 Å². The molecule has 1 atom stereocenters. The van der Waals surface area contributed by atoms with Gasteiger partial charge in [-0.05, 0) is 43.4 Å². The maximum Gasteiger partial charge on any atom is 0.0404 e. The van der Waals surface area contributed by atoms with Gasteiger partial charge in [0.2, 0.25) is 0 Å². The monoisotopic (exact) mass is 274 g/mol. The summed E-state index contributed by atoms with van der Waals surface area (Å²) in [5.74, 6) is 0. The van der Waals surface area contributed by atoms with E-state index in [1.807, 2.05) is 0 Å². The highest BCUT2D eigenvalue weighted by molar-refractivity contribution is 5.56. The van der Waals surface area contributed by atoms with Gasteiger partial charge in [-0.15, -0.1) is 0 Å². The third-order valence-corrected chi connectivity index (χ3v) is 4.53. The van der Waals surface area contributed by atoms with E-state index in [9.17, 15) is 0 Å². The van der Waals surface area contributed by atoms with Crippen molar-refractivity contribution < 1.29 is 0 Å². The molecule has 0 aromatic heterocycles. The van der Waals surface area contributed by atoms with Crippen molar-refractivity contribution in [1.29, 1.82) is 0 Å². The van der Waals surface area contributed by atoms with Gasteiger partial charge >= 0.3 is 0 Å². The molecule has 1 heterocycles.